The number of amides is 1. The molecule has 0 aliphatic carbocycles. The van der Waals surface area contributed by atoms with Crippen molar-refractivity contribution in [1.82, 2.24) is 5.32 Å². The molecule has 1 aliphatic heterocycles. The van der Waals surface area contributed by atoms with Crippen molar-refractivity contribution in [2.75, 3.05) is 46.4 Å². The maximum atomic E-state index is 11.9. The molecule has 1 saturated heterocycles. The summed E-state index contributed by atoms with van der Waals surface area (Å²) >= 11 is 0. The molecular weight excluding hydrogens is 447 g/mol. The summed E-state index contributed by atoms with van der Waals surface area (Å²) in [5, 5.41) is 3.00. The molecule has 2 N–H and O–H groups in total. The van der Waals surface area contributed by atoms with Crippen molar-refractivity contribution in [1.29, 1.82) is 0 Å². The summed E-state index contributed by atoms with van der Waals surface area (Å²) in [4.78, 5) is 21.8. The molecule has 0 saturated carbocycles. The number of rotatable bonds is 24. The van der Waals surface area contributed by atoms with Crippen LogP contribution in [0.4, 0.5) is 0 Å². The minimum absolute atomic E-state index is 0.0768. The van der Waals surface area contributed by atoms with Gasteiger partial charge in [-0.3, -0.25) is 4.79 Å². The van der Waals surface area contributed by atoms with Gasteiger partial charge in [-0.05, 0) is 12.8 Å². The molecule has 1 rings (SSSR count). The standard InChI is InChI=1S/C27H55N2O4P/c1-3-4-5-6-7-8-9-10-11-12-13-14-15-16-21-28-27(30)20-19-25-32-34(31)33-26-24-29(2)22-17-18-23-29/h31H,3-26H2,1-2H3/p+1. The van der Waals surface area contributed by atoms with Crippen LogP contribution in [0.3, 0.4) is 0 Å². The van der Waals surface area contributed by atoms with E-state index in [2.05, 4.69) is 19.3 Å². The lowest BCUT2D eigenvalue weighted by molar-refractivity contribution is -0.897. The van der Waals surface area contributed by atoms with Crippen LogP contribution in [-0.2, 0) is 13.8 Å². The summed E-state index contributed by atoms with van der Waals surface area (Å²) in [5.41, 5.74) is 0. The first kappa shape index (κ1) is 31.8. The topological polar surface area (TPSA) is 67.8 Å². The molecule has 7 heteroatoms. The molecule has 1 heterocycles. The van der Waals surface area contributed by atoms with Crippen molar-refractivity contribution in [3.8, 4) is 0 Å². The van der Waals surface area contributed by atoms with E-state index in [-0.39, 0.29) is 5.91 Å². The lowest BCUT2D eigenvalue weighted by Crippen LogP contribution is -2.43. The highest BCUT2D eigenvalue weighted by Gasteiger charge is 2.26. The van der Waals surface area contributed by atoms with E-state index in [4.69, 9.17) is 9.05 Å². The van der Waals surface area contributed by atoms with Crippen molar-refractivity contribution < 1.29 is 23.2 Å². The molecule has 1 fully saturated rings. The van der Waals surface area contributed by atoms with Crippen LogP contribution in [0.2, 0.25) is 0 Å². The quantitative estimate of drug-likeness (QED) is 0.0858. The molecule has 1 unspecified atom stereocenters. The maximum Gasteiger partial charge on any atom is 0.330 e. The Balaban J connectivity index is 1.77. The van der Waals surface area contributed by atoms with Crippen LogP contribution in [0.5, 0.6) is 0 Å². The maximum absolute atomic E-state index is 11.9. The zero-order valence-electron chi connectivity index (χ0n) is 22.5. The van der Waals surface area contributed by atoms with Gasteiger partial charge in [0.15, 0.2) is 0 Å². The van der Waals surface area contributed by atoms with Gasteiger partial charge in [-0.1, -0.05) is 90.4 Å². The first-order valence-electron chi connectivity index (χ1n) is 14.4. The number of hydrogen-bond donors (Lipinski definition) is 2. The summed E-state index contributed by atoms with van der Waals surface area (Å²) in [7, 11) is 0.419. The summed E-state index contributed by atoms with van der Waals surface area (Å²) < 4.78 is 11.8. The first-order valence-corrected chi connectivity index (χ1v) is 15.5. The van der Waals surface area contributed by atoms with E-state index in [9.17, 15) is 9.69 Å². The van der Waals surface area contributed by atoms with E-state index in [1.165, 1.54) is 109 Å². The van der Waals surface area contributed by atoms with E-state index < -0.39 is 8.60 Å². The van der Waals surface area contributed by atoms with Gasteiger partial charge in [0.1, 0.15) is 13.2 Å². The molecule has 1 aliphatic rings. The van der Waals surface area contributed by atoms with Gasteiger partial charge in [-0.2, -0.15) is 0 Å². The number of likely N-dealkylation sites (N-methyl/N-ethyl adjacent to an activating group) is 1. The second-order valence-corrected chi connectivity index (χ2v) is 11.4. The monoisotopic (exact) mass is 503 g/mol. The first-order chi connectivity index (χ1) is 16.6. The van der Waals surface area contributed by atoms with Crippen molar-refractivity contribution in [3.63, 3.8) is 0 Å². The predicted octanol–water partition coefficient (Wildman–Crippen LogP) is 6.86. The van der Waals surface area contributed by atoms with Gasteiger partial charge < -0.3 is 23.7 Å². The largest absolute Gasteiger partial charge is 0.356 e. The highest BCUT2D eigenvalue weighted by Crippen LogP contribution is 2.33. The molecule has 0 aromatic rings. The molecular formula is C27H56N2O4P+. The lowest BCUT2D eigenvalue weighted by atomic mass is 10.0. The molecule has 202 valence electrons. The summed E-state index contributed by atoms with van der Waals surface area (Å²) in [6.45, 7) is 7.25. The summed E-state index contributed by atoms with van der Waals surface area (Å²) in [5.74, 6) is 0.0768. The molecule has 0 radical (unpaired) electrons. The average molecular weight is 504 g/mol. The smallest absolute Gasteiger partial charge is 0.330 e. The van der Waals surface area contributed by atoms with Gasteiger partial charge in [0, 0.05) is 25.8 Å². The molecule has 34 heavy (non-hydrogen) atoms. The number of hydrogen-bond acceptors (Lipinski definition) is 4. The van der Waals surface area contributed by atoms with Crippen LogP contribution in [-0.4, -0.2) is 61.7 Å². The fourth-order valence-electron chi connectivity index (χ4n) is 4.71. The third-order valence-electron chi connectivity index (χ3n) is 7.08. The fraction of sp³-hybridized carbons (Fsp3) is 0.963. The molecule has 0 aromatic carbocycles. The van der Waals surface area contributed by atoms with Gasteiger partial charge in [0.25, 0.3) is 0 Å². The number of unbranched alkanes of at least 4 members (excludes halogenated alkanes) is 13. The van der Waals surface area contributed by atoms with E-state index in [1.54, 1.807) is 0 Å². The van der Waals surface area contributed by atoms with Gasteiger partial charge in [0.05, 0.1) is 26.7 Å². The Labute approximate surface area is 212 Å². The fourth-order valence-corrected chi connectivity index (χ4v) is 5.31. The van der Waals surface area contributed by atoms with Crippen LogP contribution in [0.1, 0.15) is 122 Å². The zero-order chi connectivity index (χ0) is 24.7. The number of nitrogens with zero attached hydrogens (tertiary/aromatic N) is 1. The number of likely N-dealkylation sites (tertiary alicyclic amines) is 1. The summed E-state index contributed by atoms with van der Waals surface area (Å²) in [6.07, 6.45) is 22.5. The van der Waals surface area contributed by atoms with E-state index in [1.807, 2.05) is 0 Å². The molecule has 0 aromatic heterocycles. The molecule has 6 nitrogen and oxygen atoms in total. The van der Waals surface area contributed by atoms with E-state index >= 15 is 0 Å². The molecule has 0 bridgehead atoms. The van der Waals surface area contributed by atoms with E-state index in [0.717, 1.165) is 24.0 Å². The summed E-state index contributed by atoms with van der Waals surface area (Å²) in [6, 6.07) is 0. The van der Waals surface area contributed by atoms with Gasteiger partial charge in [-0.15, -0.1) is 0 Å². The van der Waals surface area contributed by atoms with Crippen molar-refractivity contribution in [2.24, 2.45) is 0 Å². The Morgan fingerprint density at radius 2 is 1.29 bits per heavy atom. The Hall–Kier alpha value is -0.260. The zero-order valence-corrected chi connectivity index (χ0v) is 23.4. The third kappa shape index (κ3) is 19.0. The second kappa shape index (κ2) is 22.0. The van der Waals surface area contributed by atoms with Crippen LogP contribution in [0.15, 0.2) is 0 Å². The SMILES string of the molecule is CCCCCCCCCCCCCCCCNC(=O)CCCOP(O)OCC[N+]1(C)CCCC1. The number of nitrogens with one attached hydrogen (secondary N) is 1. The van der Waals surface area contributed by atoms with Gasteiger partial charge >= 0.3 is 8.60 Å². The molecule has 1 amide bonds. The van der Waals surface area contributed by atoms with Crippen LogP contribution in [0, 0.1) is 0 Å². The number of quaternary nitrogens is 1. The Morgan fingerprint density at radius 3 is 1.85 bits per heavy atom. The number of carbonyl (C=O) groups excluding carboxylic acids is 1. The molecule has 0 spiro atoms. The van der Waals surface area contributed by atoms with Gasteiger partial charge in [0.2, 0.25) is 5.91 Å². The second-order valence-electron chi connectivity index (χ2n) is 10.5. The Bertz CT molecular complexity index is 476. The van der Waals surface area contributed by atoms with Gasteiger partial charge in [-0.25, -0.2) is 0 Å². The van der Waals surface area contributed by atoms with Crippen LogP contribution < -0.4 is 5.32 Å². The minimum Gasteiger partial charge on any atom is -0.356 e. The van der Waals surface area contributed by atoms with Crippen LogP contribution >= 0.6 is 8.60 Å². The highest BCUT2D eigenvalue weighted by atomic mass is 31.2. The Kier molecular flexibility index (Phi) is 20.5. The lowest BCUT2D eigenvalue weighted by Gasteiger charge is -2.29. The van der Waals surface area contributed by atoms with E-state index in [0.29, 0.717) is 26.1 Å². The molecule has 1 atom stereocenters. The predicted molar refractivity (Wildman–Crippen MR) is 144 cm³/mol. The van der Waals surface area contributed by atoms with Crippen molar-refractivity contribution in [3.05, 3.63) is 0 Å². The number of carbonyl (C=O) groups is 1. The van der Waals surface area contributed by atoms with Crippen molar-refractivity contribution in [2.45, 2.75) is 122 Å². The Morgan fingerprint density at radius 1 is 0.794 bits per heavy atom. The normalized spacial score (nSPS) is 16.1. The minimum atomic E-state index is -1.83. The highest BCUT2D eigenvalue weighted by molar-refractivity contribution is 7.40. The average Bonchev–Trinajstić information content (AvgIpc) is 3.25. The van der Waals surface area contributed by atoms with Crippen molar-refractivity contribution >= 4 is 14.5 Å². The van der Waals surface area contributed by atoms with Crippen LogP contribution in [0.25, 0.3) is 0 Å². The third-order valence-corrected chi connectivity index (χ3v) is 7.89.